The fourth-order valence-electron chi connectivity index (χ4n) is 1.26. The SMILES string of the molecule is CC.CCN(CC)CN.CN1CCCC1=O. The molecule has 4 heteroatoms. The van der Waals surface area contributed by atoms with E-state index in [0.717, 1.165) is 32.5 Å². The van der Waals surface area contributed by atoms with E-state index in [1.807, 2.05) is 20.9 Å². The van der Waals surface area contributed by atoms with Crippen molar-refractivity contribution >= 4 is 5.91 Å². The molecule has 98 valence electrons. The predicted molar refractivity (Wildman–Crippen MR) is 70.2 cm³/mol. The van der Waals surface area contributed by atoms with Gasteiger partial charge in [-0.2, -0.15) is 0 Å². The molecule has 0 bridgehead atoms. The number of rotatable bonds is 3. The topological polar surface area (TPSA) is 49.6 Å². The summed E-state index contributed by atoms with van der Waals surface area (Å²) in [6.45, 7) is 12.0. The van der Waals surface area contributed by atoms with Crippen LogP contribution in [-0.4, -0.2) is 49.1 Å². The zero-order valence-corrected chi connectivity index (χ0v) is 11.6. The Balaban J connectivity index is 0. The molecule has 0 aromatic rings. The van der Waals surface area contributed by atoms with Crippen LogP contribution in [0.1, 0.15) is 40.5 Å². The van der Waals surface area contributed by atoms with Crippen molar-refractivity contribution in [3.63, 3.8) is 0 Å². The van der Waals surface area contributed by atoms with Crippen LogP contribution >= 0.6 is 0 Å². The van der Waals surface area contributed by atoms with Gasteiger partial charge in [0.1, 0.15) is 0 Å². The highest BCUT2D eigenvalue weighted by molar-refractivity contribution is 5.77. The van der Waals surface area contributed by atoms with Gasteiger partial charge in [-0.1, -0.05) is 27.7 Å². The normalized spacial score (nSPS) is 14.2. The lowest BCUT2D eigenvalue weighted by atomic mass is 10.4. The zero-order valence-electron chi connectivity index (χ0n) is 11.6. The summed E-state index contributed by atoms with van der Waals surface area (Å²) in [7, 11) is 1.84. The van der Waals surface area contributed by atoms with Gasteiger partial charge < -0.3 is 10.6 Å². The summed E-state index contributed by atoms with van der Waals surface area (Å²) >= 11 is 0. The molecule has 0 atom stereocenters. The van der Waals surface area contributed by atoms with Crippen LogP contribution in [0.25, 0.3) is 0 Å². The van der Waals surface area contributed by atoms with Gasteiger partial charge in [-0.3, -0.25) is 9.69 Å². The molecule has 0 aliphatic carbocycles. The largest absolute Gasteiger partial charge is 0.346 e. The lowest BCUT2D eigenvalue weighted by Crippen LogP contribution is -2.29. The first-order chi connectivity index (χ1) is 7.65. The lowest BCUT2D eigenvalue weighted by molar-refractivity contribution is -0.126. The van der Waals surface area contributed by atoms with Crippen LogP contribution in [0.3, 0.4) is 0 Å². The Labute approximate surface area is 101 Å². The fraction of sp³-hybridized carbons (Fsp3) is 0.917. The Morgan fingerprint density at radius 3 is 1.88 bits per heavy atom. The van der Waals surface area contributed by atoms with Crippen LogP contribution in [-0.2, 0) is 4.79 Å². The molecule has 2 N–H and O–H groups in total. The molecule has 16 heavy (non-hydrogen) atoms. The highest BCUT2D eigenvalue weighted by Gasteiger charge is 2.14. The summed E-state index contributed by atoms with van der Waals surface area (Å²) in [4.78, 5) is 14.4. The van der Waals surface area contributed by atoms with E-state index in [2.05, 4.69) is 18.7 Å². The minimum atomic E-state index is 0.292. The van der Waals surface area contributed by atoms with Gasteiger partial charge in [0.2, 0.25) is 5.91 Å². The van der Waals surface area contributed by atoms with Crippen molar-refractivity contribution in [2.24, 2.45) is 5.73 Å². The summed E-state index contributed by atoms with van der Waals surface area (Å²) in [6, 6.07) is 0. The van der Waals surface area contributed by atoms with Gasteiger partial charge in [0.15, 0.2) is 0 Å². The number of nitrogens with two attached hydrogens (primary N) is 1. The standard InChI is InChI=1S/C5H14N2.C5H9NO.C2H6/c1-3-7(4-2)5-6;1-6-4-2-3-5(6)7;1-2/h3-6H2,1-2H3;2-4H2,1H3;1-2H3. The van der Waals surface area contributed by atoms with Crippen LogP contribution in [0.5, 0.6) is 0 Å². The second-order valence-corrected chi connectivity index (χ2v) is 3.40. The van der Waals surface area contributed by atoms with E-state index in [-0.39, 0.29) is 0 Å². The molecular weight excluding hydrogens is 202 g/mol. The molecule has 0 saturated carbocycles. The van der Waals surface area contributed by atoms with Crippen molar-refractivity contribution in [1.29, 1.82) is 0 Å². The Morgan fingerprint density at radius 2 is 1.81 bits per heavy atom. The van der Waals surface area contributed by atoms with Crippen LogP contribution in [0.15, 0.2) is 0 Å². The Hall–Kier alpha value is -0.610. The first-order valence-electron chi connectivity index (χ1n) is 6.32. The van der Waals surface area contributed by atoms with Gasteiger partial charge in [0.25, 0.3) is 0 Å². The van der Waals surface area contributed by atoms with Crippen molar-refractivity contribution in [2.45, 2.75) is 40.5 Å². The lowest BCUT2D eigenvalue weighted by Gasteiger charge is -2.13. The summed E-state index contributed by atoms with van der Waals surface area (Å²) in [5, 5.41) is 0. The highest BCUT2D eigenvalue weighted by atomic mass is 16.2. The van der Waals surface area contributed by atoms with E-state index >= 15 is 0 Å². The quantitative estimate of drug-likeness (QED) is 0.749. The van der Waals surface area contributed by atoms with Crippen molar-refractivity contribution in [3.8, 4) is 0 Å². The summed E-state index contributed by atoms with van der Waals surface area (Å²) < 4.78 is 0. The monoisotopic (exact) mass is 231 g/mol. The summed E-state index contributed by atoms with van der Waals surface area (Å²) in [5.74, 6) is 0.292. The average molecular weight is 231 g/mol. The van der Waals surface area contributed by atoms with E-state index in [4.69, 9.17) is 5.73 Å². The first-order valence-corrected chi connectivity index (χ1v) is 6.32. The molecule has 1 heterocycles. The molecule has 1 saturated heterocycles. The van der Waals surface area contributed by atoms with E-state index in [1.165, 1.54) is 0 Å². The van der Waals surface area contributed by atoms with E-state index in [1.54, 1.807) is 4.90 Å². The molecule has 0 radical (unpaired) electrons. The van der Waals surface area contributed by atoms with Gasteiger partial charge in [-0.05, 0) is 19.5 Å². The van der Waals surface area contributed by atoms with Gasteiger partial charge in [0, 0.05) is 26.7 Å². The Kier molecular flexibility index (Phi) is 13.8. The zero-order chi connectivity index (χ0) is 13.0. The van der Waals surface area contributed by atoms with Crippen LogP contribution < -0.4 is 5.73 Å². The van der Waals surface area contributed by atoms with Gasteiger partial charge >= 0.3 is 0 Å². The minimum absolute atomic E-state index is 0.292. The smallest absolute Gasteiger partial charge is 0.222 e. The third-order valence-corrected chi connectivity index (χ3v) is 2.46. The molecule has 1 aliphatic rings. The number of carbonyl (C=O) groups is 1. The third-order valence-electron chi connectivity index (χ3n) is 2.46. The van der Waals surface area contributed by atoms with Gasteiger partial charge in [-0.15, -0.1) is 0 Å². The molecule has 0 spiro atoms. The second-order valence-electron chi connectivity index (χ2n) is 3.40. The van der Waals surface area contributed by atoms with Crippen LogP contribution in [0, 0.1) is 0 Å². The number of nitrogens with zero attached hydrogens (tertiary/aromatic N) is 2. The van der Waals surface area contributed by atoms with E-state index in [9.17, 15) is 4.79 Å². The number of likely N-dealkylation sites (tertiary alicyclic amines) is 1. The Morgan fingerprint density at radius 1 is 1.31 bits per heavy atom. The molecule has 1 amide bonds. The predicted octanol–water partition coefficient (Wildman–Crippen LogP) is 1.51. The number of hydrogen-bond donors (Lipinski definition) is 1. The first kappa shape index (κ1) is 17.8. The van der Waals surface area contributed by atoms with Crippen molar-refractivity contribution < 1.29 is 4.79 Å². The van der Waals surface area contributed by atoms with Gasteiger partial charge in [0.05, 0.1) is 0 Å². The summed E-state index contributed by atoms with van der Waals surface area (Å²) in [5.41, 5.74) is 5.32. The van der Waals surface area contributed by atoms with E-state index in [0.29, 0.717) is 12.6 Å². The molecular formula is C12H29N3O. The van der Waals surface area contributed by atoms with Crippen molar-refractivity contribution in [2.75, 3.05) is 33.4 Å². The number of hydrogen-bond acceptors (Lipinski definition) is 3. The van der Waals surface area contributed by atoms with Crippen molar-refractivity contribution in [1.82, 2.24) is 9.80 Å². The molecule has 4 nitrogen and oxygen atoms in total. The van der Waals surface area contributed by atoms with E-state index < -0.39 is 0 Å². The van der Waals surface area contributed by atoms with Crippen LogP contribution in [0.2, 0.25) is 0 Å². The third kappa shape index (κ3) is 8.68. The molecule has 1 fully saturated rings. The minimum Gasteiger partial charge on any atom is -0.346 e. The molecule has 0 aromatic carbocycles. The molecule has 1 aliphatic heterocycles. The average Bonchev–Trinajstić information content (AvgIpc) is 2.69. The molecule has 0 aromatic heterocycles. The molecule has 1 rings (SSSR count). The van der Waals surface area contributed by atoms with Crippen LogP contribution in [0.4, 0.5) is 0 Å². The maximum atomic E-state index is 10.5. The summed E-state index contributed by atoms with van der Waals surface area (Å²) in [6.07, 6.45) is 1.81. The van der Waals surface area contributed by atoms with Crippen molar-refractivity contribution in [3.05, 3.63) is 0 Å². The number of amides is 1. The number of carbonyl (C=O) groups excluding carboxylic acids is 1. The van der Waals surface area contributed by atoms with Gasteiger partial charge in [-0.25, -0.2) is 0 Å². The fourth-order valence-corrected chi connectivity index (χ4v) is 1.26. The maximum absolute atomic E-state index is 10.5. The second kappa shape index (κ2) is 12.5. The Bertz CT molecular complexity index is 153. The maximum Gasteiger partial charge on any atom is 0.222 e. The highest BCUT2D eigenvalue weighted by Crippen LogP contribution is 2.04. The molecule has 0 unspecified atom stereocenters.